The Balaban J connectivity index is 2.27. The van der Waals surface area contributed by atoms with Crippen molar-refractivity contribution in [3.8, 4) is 0 Å². The number of likely N-dealkylation sites (tertiary alicyclic amines) is 1. The predicted molar refractivity (Wildman–Crippen MR) is 85.1 cm³/mol. The van der Waals surface area contributed by atoms with Crippen LogP contribution in [0.2, 0.25) is 0 Å². The van der Waals surface area contributed by atoms with Crippen molar-refractivity contribution in [1.82, 2.24) is 9.88 Å². The molecule has 0 spiro atoms. The fraction of sp³-hybridized carbons (Fsp3) is 0.647. The maximum Gasteiger partial charge on any atom is 0.340 e. The van der Waals surface area contributed by atoms with Crippen LogP contribution in [0.15, 0.2) is 0 Å². The van der Waals surface area contributed by atoms with Crippen LogP contribution in [0.5, 0.6) is 0 Å². The SMILES string of the molecule is CCOC(=O)c1c(C)[nH]c(C(=O)N2C[C@H](C)C[C@@H](C)C2)c1C. The molecule has 0 aromatic carbocycles. The van der Waals surface area contributed by atoms with E-state index in [2.05, 4.69) is 18.8 Å². The number of aromatic nitrogens is 1. The van der Waals surface area contributed by atoms with E-state index in [0.717, 1.165) is 19.5 Å². The molecule has 1 aromatic rings. The minimum Gasteiger partial charge on any atom is -0.462 e. The Morgan fingerprint density at radius 1 is 1.23 bits per heavy atom. The van der Waals surface area contributed by atoms with Gasteiger partial charge in [0.05, 0.1) is 12.2 Å². The van der Waals surface area contributed by atoms with E-state index in [1.165, 1.54) is 0 Å². The van der Waals surface area contributed by atoms with E-state index in [0.29, 0.717) is 41.0 Å². The quantitative estimate of drug-likeness (QED) is 0.873. The highest BCUT2D eigenvalue weighted by Crippen LogP contribution is 2.25. The molecule has 2 rings (SSSR count). The van der Waals surface area contributed by atoms with Crippen LogP contribution in [0.3, 0.4) is 0 Å². The van der Waals surface area contributed by atoms with E-state index in [9.17, 15) is 9.59 Å². The normalized spacial score (nSPS) is 21.8. The minimum atomic E-state index is -0.367. The molecule has 2 atom stereocenters. The third kappa shape index (κ3) is 3.18. The topological polar surface area (TPSA) is 62.4 Å². The van der Waals surface area contributed by atoms with Gasteiger partial charge >= 0.3 is 5.97 Å². The van der Waals surface area contributed by atoms with Crippen LogP contribution in [0.25, 0.3) is 0 Å². The molecule has 5 heteroatoms. The smallest absolute Gasteiger partial charge is 0.340 e. The van der Waals surface area contributed by atoms with Crippen molar-refractivity contribution in [3.05, 3.63) is 22.5 Å². The maximum absolute atomic E-state index is 12.8. The Bertz CT molecular complexity index is 567. The second kappa shape index (κ2) is 6.55. The molecular weight excluding hydrogens is 280 g/mol. The van der Waals surface area contributed by atoms with E-state index >= 15 is 0 Å². The van der Waals surface area contributed by atoms with Gasteiger partial charge in [0.1, 0.15) is 5.69 Å². The van der Waals surface area contributed by atoms with Crippen LogP contribution >= 0.6 is 0 Å². The van der Waals surface area contributed by atoms with E-state index in [-0.39, 0.29) is 11.9 Å². The second-order valence-electron chi connectivity index (χ2n) is 6.50. The van der Waals surface area contributed by atoms with Gasteiger partial charge in [-0.25, -0.2) is 4.79 Å². The number of aromatic amines is 1. The van der Waals surface area contributed by atoms with E-state index in [4.69, 9.17) is 4.74 Å². The predicted octanol–water partition coefficient (Wildman–Crippen LogP) is 2.93. The number of ether oxygens (including phenoxy) is 1. The average Bonchev–Trinajstić information content (AvgIpc) is 2.72. The highest BCUT2D eigenvalue weighted by atomic mass is 16.5. The van der Waals surface area contributed by atoms with Crippen molar-refractivity contribution in [2.24, 2.45) is 11.8 Å². The molecule has 1 aromatic heterocycles. The molecule has 1 aliphatic rings. The summed E-state index contributed by atoms with van der Waals surface area (Å²) < 4.78 is 5.08. The molecule has 0 saturated carbocycles. The first kappa shape index (κ1) is 16.6. The zero-order valence-corrected chi connectivity index (χ0v) is 14.2. The highest BCUT2D eigenvalue weighted by molar-refractivity contribution is 6.00. The molecule has 1 saturated heterocycles. The third-order valence-electron chi connectivity index (χ3n) is 4.29. The summed E-state index contributed by atoms with van der Waals surface area (Å²) in [5.74, 6) is 0.630. The molecule has 1 N–H and O–H groups in total. The van der Waals surface area contributed by atoms with Crippen molar-refractivity contribution in [3.63, 3.8) is 0 Å². The minimum absolute atomic E-state index is 0.0189. The average molecular weight is 306 g/mol. The van der Waals surface area contributed by atoms with Crippen LogP contribution in [-0.4, -0.2) is 41.5 Å². The molecule has 1 fully saturated rings. The Morgan fingerprint density at radius 3 is 2.36 bits per heavy atom. The van der Waals surface area contributed by atoms with E-state index < -0.39 is 0 Å². The number of aryl methyl sites for hydroxylation is 1. The molecular formula is C17H26N2O3. The molecule has 0 aliphatic carbocycles. The lowest BCUT2D eigenvalue weighted by Gasteiger charge is -2.34. The fourth-order valence-corrected chi connectivity index (χ4v) is 3.46. The zero-order valence-electron chi connectivity index (χ0n) is 14.2. The number of piperidine rings is 1. The van der Waals surface area contributed by atoms with Gasteiger partial charge in [0.15, 0.2) is 0 Å². The summed E-state index contributed by atoms with van der Waals surface area (Å²) in [6, 6.07) is 0. The first-order chi connectivity index (χ1) is 10.3. The molecule has 1 aliphatic heterocycles. The van der Waals surface area contributed by atoms with Gasteiger partial charge in [0.25, 0.3) is 5.91 Å². The van der Waals surface area contributed by atoms with Gasteiger partial charge in [-0.05, 0) is 44.6 Å². The van der Waals surface area contributed by atoms with Crippen molar-refractivity contribution < 1.29 is 14.3 Å². The number of H-pyrrole nitrogens is 1. The monoisotopic (exact) mass is 306 g/mol. The summed E-state index contributed by atoms with van der Waals surface area (Å²) in [6.45, 7) is 11.6. The molecule has 1 amide bonds. The summed E-state index contributed by atoms with van der Waals surface area (Å²) in [5.41, 5.74) is 2.38. The molecule has 5 nitrogen and oxygen atoms in total. The Hall–Kier alpha value is -1.78. The summed E-state index contributed by atoms with van der Waals surface area (Å²) in [4.78, 5) is 29.8. The van der Waals surface area contributed by atoms with Crippen LogP contribution in [0, 0.1) is 25.7 Å². The lowest BCUT2D eigenvalue weighted by molar-refractivity contribution is 0.0525. The molecule has 0 unspecified atom stereocenters. The van der Waals surface area contributed by atoms with Crippen LogP contribution < -0.4 is 0 Å². The van der Waals surface area contributed by atoms with Crippen molar-refractivity contribution in [2.75, 3.05) is 19.7 Å². The first-order valence-corrected chi connectivity index (χ1v) is 8.00. The van der Waals surface area contributed by atoms with E-state index in [1.54, 1.807) is 20.8 Å². The molecule has 0 radical (unpaired) electrons. The van der Waals surface area contributed by atoms with Gasteiger partial charge in [-0.15, -0.1) is 0 Å². The number of carbonyl (C=O) groups excluding carboxylic acids is 2. The standard InChI is InChI=1S/C17H26N2O3/c1-6-22-17(21)14-12(4)15(18-13(14)5)16(20)19-8-10(2)7-11(3)9-19/h10-11,18H,6-9H2,1-5H3/t10-,11-/m1/s1. The number of hydrogen-bond acceptors (Lipinski definition) is 3. The number of hydrogen-bond donors (Lipinski definition) is 1. The highest BCUT2D eigenvalue weighted by Gasteiger charge is 2.30. The summed E-state index contributed by atoms with van der Waals surface area (Å²) in [6.07, 6.45) is 1.15. The van der Waals surface area contributed by atoms with Crippen molar-refractivity contribution in [2.45, 2.75) is 41.0 Å². The molecule has 0 bridgehead atoms. The Labute approximate surface area is 132 Å². The van der Waals surface area contributed by atoms with Crippen LogP contribution in [-0.2, 0) is 4.74 Å². The van der Waals surface area contributed by atoms with Gasteiger partial charge in [0, 0.05) is 18.8 Å². The Morgan fingerprint density at radius 2 is 1.82 bits per heavy atom. The maximum atomic E-state index is 12.8. The number of rotatable bonds is 3. The van der Waals surface area contributed by atoms with Crippen LogP contribution in [0.1, 0.15) is 59.3 Å². The largest absolute Gasteiger partial charge is 0.462 e. The zero-order chi connectivity index (χ0) is 16.4. The second-order valence-corrected chi connectivity index (χ2v) is 6.50. The van der Waals surface area contributed by atoms with E-state index in [1.807, 2.05) is 4.90 Å². The lowest BCUT2D eigenvalue weighted by atomic mass is 9.91. The Kier molecular flexibility index (Phi) is 4.94. The van der Waals surface area contributed by atoms with Gasteiger partial charge in [-0.1, -0.05) is 13.8 Å². The van der Waals surface area contributed by atoms with Gasteiger partial charge in [-0.2, -0.15) is 0 Å². The lowest BCUT2D eigenvalue weighted by Crippen LogP contribution is -2.42. The first-order valence-electron chi connectivity index (χ1n) is 8.00. The third-order valence-corrected chi connectivity index (χ3v) is 4.29. The van der Waals surface area contributed by atoms with Crippen molar-refractivity contribution >= 4 is 11.9 Å². The molecule has 2 heterocycles. The van der Waals surface area contributed by atoms with Gasteiger partial charge in [0.2, 0.25) is 0 Å². The number of nitrogens with one attached hydrogen (secondary N) is 1. The van der Waals surface area contributed by atoms with Gasteiger partial charge in [-0.3, -0.25) is 4.79 Å². The van der Waals surface area contributed by atoms with Crippen LogP contribution in [0.4, 0.5) is 0 Å². The van der Waals surface area contributed by atoms with Gasteiger partial charge < -0.3 is 14.6 Å². The fourth-order valence-electron chi connectivity index (χ4n) is 3.46. The summed E-state index contributed by atoms with van der Waals surface area (Å²) >= 11 is 0. The number of esters is 1. The molecule has 22 heavy (non-hydrogen) atoms. The summed E-state index contributed by atoms with van der Waals surface area (Å²) in [5, 5.41) is 0. The van der Waals surface area contributed by atoms with Crippen molar-refractivity contribution in [1.29, 1.82) is 0 Å². The number of carbonyl (C=O) groups is 2. The number of amides is 1. The summed E-state index contributed by atoms with van der Waals surface area (Å²) in [7, 11) is 0. The number of nitrogens with zero attached hydrogens (tertiary/aromatic N) is 1. The molecule has 122 valence electrons.